The number of hydrogen-bond acceptors (Lipinski definition) is 5. The third kappa shape index (κ3) is 4.50. The molecular weight excluding hydrogens is 238 g/mol. The number of likely N-dealkylation sites (tertiary alicyclic amines) is 1. The van der Waals surface area contributed by atoms with Gasteiger partial charge < -0.3 is 25.3 Å². The Kier molecular flexibility index (Phi) is 6.45. The first kappa shape index (κ1) is 14.7. The van der Waals surface area contributed by atoms with Crippen molar-refractivity contribution in [1.82, 2.24) is 4.90 Å². The van der Waals surface area contributed by atoms with Gasteiger partial charge in [-0.25, -0.2) is 0 Å². The van der Waals surface area contributed by atoms with Crippen molar-refractivity contribution < 1.29 is 19.5 Å². The van der Waals surface area contributed by atoms with Crippen molar-refractivity contribution >= 4 is 11.7 Å². The first-order chi connectivity index (χ1) is 8.69. The van der Waals surface area contributed by atoms with Gasteiger partial charge in [-0.15, -0.1) is 0 Å². The van der Waals surface area contributed by atoms with Gasteiger partial charge in [-0.1, -0.05) is 5.16 Å². The zero-order chi connectivity index (χ0) is 13.4. The van der Waals surface area contributed by atoms with E-state index in [1.807, 2.05) is 0 Å². The van der Waals surface area contributed by atoms with E-state index < -0.39 is 0 Å². The Morgan fingerprint density at radius 2 is 2.33 bits per heavy atom. The molecule has 1 rings (SSSR count). The SMILES string of the molecule is COCCOCC(=O)N1CCCC(C(N)=NO)C1. The number of carbonyl (C=O) groups excluding carboxylic acids is 1. The fourth-order valence-corrected chi connectivity index (χ4v) is 1.92. The molecule has 1 heterocycles. The quantitative estimate of drug-likeness (QED) is 0.223. The van der Waals surface area contributed by atoms with Crippen molar-refractivity contribution in [3.8, 4) is 0 Å². The van der Waals surface area contributed by atoms with Crippen LogP contribution in [0.5, 0.6) is 0 Å². The minimum Gasteiger partial charge on any atom is -0.409 e. The number of oxime groups is 1. The van der Waals surface area contributed by atoms with E-state index in [1.165, 1.54) is 0 Å². The zero-order valence-electron chi connectivity index (χ0n) is 10.7. The highest BCUT2D eigenvalue weighted by Gasteiger charge is 2.26. The smallest absolute Gasteiger partial charge is 0.248 e. The summed E-state index contributed by atoms with van der Waals surface area (Å²) >= 11 is 0. The van der Waals surface area contributed by atoms with Crippen LogP contribution in [0.4, 0.5) is 0 Å². The third-order valence-corrected chi connectivity index (χ3v) is 2.97. The van der Waals surface area contributed by atoms with Crippen LogP contribution in [0.2, 0.25) is 0 Å². The van der Waals surface area contributed by atoms with Crippen molar-refractivity contribution in [2.75, 3.05) is 40.0 Å². The lowest BCUT2D eigenvalue weighted by atomic mass is 9.97. The zero-order valence-corrected chi connectivity index (χ0v) is 10.7. The highest BCUT2D eigenvalue weighted by Crippen LogP contribution is 2.16. The van der Waals surface area contributed by atoms with Gasteiger partial charge in [0.2, 0.25) is 5.91 Å². The number of carbonyl (C=O) groups is 1. The van der Waals surface area contributed by atoms with Crippen LogP contribution in [0, 0.1) is 5.92 Å². The van der Waals surface area contributed by atoms with Crippen molar-refractivity contribution in [3.05, 3.63) is 0 Å². The van der Waals surface area contributed by atoms with Gasteiger partial charge >= 0.3 is 0 Å². The van der Waals surface area contributed by atoms with Crippen molar-refractivity contribution in [2.24, 2.45) is 16.8 Å². The number of ether oxygens (including phenoxy) is 2. The average Bonchev–Trinajstić information content (AvgIpc) is 2.42. The van der Waals surface area contributed by atoms with Gasteiger partial charge in [0.1, 0.15) is 12.4 Å². The second-order valence-corrected chi connectivity index (χ2v) is 4.25. The minimum absolute atomic E-state index is 0.0479. The predicted octanol–water partition coefficient (Wildman–Crippen LogP) is -0.366. The van der Waals surface area contributed by atoms with Crippen molar-refractivity contribution in [3.63, 3.8) is 0 Å². The van der Waals surface area contributed by atoms with E-state index in [4.69, 9.17) is 20.4 Å². The summed E-state index contributed by atoms with van der Waals surface area (Å²) in [5, 5.41) is 11.6. The number of methoxy groups -OCH3 is 1. The lowest BCUT2D eigenvalue weighted by molar-refractivity contribution is -0.137. The van der Waals surface area contributed by atoms with Gasteiger partial charge in [0.05, 0.1) is 13.2 Å². The molecule has 1 atom stereocenters. The van der Waals surface area contributed by atoms with Crippen LogP contribution < -0.4 is 5.73 Å². The van der Waals surface area contributed by atoms with Gasteiger partial charge in [-0.2, -0.15) is 0 Å². The Morgan fingerprint density at radius 3 is 3.00 bits per heavy atom. The summed E-state index contributed by atoms with van der Waals surface area (Å²) in [4.78, 5) is 13.5. The van der Waals surface area contributed by atoms with Crippen LogP contribution in [0.3, 0.4) is 0 Å². The van der Waals surface area contributed by atoms with E-state index in [9.17, 15) is 4.79 Å². The highest BCUT2D eigenvalue weighted by atomic mass is 16.5. The van der Waals surface area contributed by atoms with Crippen molar-refractivity contribution in [1.29, 1.82) is 0 Å². The molecule has 1 fully saturated rings. The topological polar surface area (TPSA) is 97.4 Å². The summed E-state index contributed by atoms with van der Waals surface area (Å²) in [5.41, 5.74) is 5.56. The molecule has 7 nitrogen and oxygen atoms in total. The minimum atomic E-state index is -0.0680. The number of rotatable bonds is 6. The molecule has 0 aromatic rings. The number of amides is 1. The number of hydrogen-bond donors (Lipinski definition) is 2. The molecule has 0 radical (unpaired) electrons. The summed E-state index contributed by atoms with van der Waals surface area (Å²) in [5.74, 6) is 0.0565. The van der Waals surface area contributed by atoms with Crippen LogP contribution in [0.1, 0.15) is 12.8 Å². The number of nitrogens with zero attached hydrogens (tertiary/aromatic N) is 2. The van der Waals surface area contributed by atoms with Crippen LogP contribution in [-0.2, 0) is 14.3 Å². The van der Waals surface area contributed by atoms with Gasteiger partial charge in [-0.3, -0.25) is 4.79 Å². The predicted molar refractivity (Wildman–Crippen MR) is 65.4 cm³/mol. The Hall–Kier alpha value is -1.34. The first-order valence-electron chi connectivity index (χ1n) is 6.01. The molecule has 3 N–H and O–H groups in total. The molecule has 0 bridgehead atoms. The summed E-state index contributed by atoms with van der Waals surface area (Å²) < 4.78 is 10.0. The third-order valence-electron chi connectivity index (χ3n) is 2.97. The maximum absolute atomic E-state index is 11.8. The average molecular weight is 259 g/mol. The molecular formula is C11H21N3O4. The number of piperidine rings is 1. The second-order valence-electron chi connectivity index (χ2n) is 4.25. The standard InChI is InChI=1S/C11H21N3O4/c1-17-5-6-18-8-10(15)14-4-2-3-9(7-14)11(12)13-16/h9,16H,2-8H2,1H3,(H2,12,13). The number of amidine groups is 1. The molecule has 1 unspecified atom stereocenters. The molecule has 0 aromatic heterocycles. The second kappa shape index (κ2) is 7.88. The van der Waals surface area contributed by atoms with E-state index in [0.29, 0.717) is 26.3 Å². The van der Waals surface area contributed by atoms with Crippen LogP contribution in [0.15, 0.2) is 5.16 Å². The summed E-state index contributed by atoms with van der Waals surface area (Å²) in [6.07, 6.45) is 1.69. The molecule has 104 valence electrons. The monoisotopic (exact) mass is 259 g/mol. The summed E-state index contributed by atoms with van der Waals surface area (Å²) in [6, 6.07) is 0. The Bertz CT molecular complexity index is 296. The maximum Gasteiger partial charge on any atom is 0.248 e. The molecule has 0 spiro atoms. The van der Waals surface area contributed by atoms with E-state index in [-0.39, 0.29) is 24.3 Å². The van der Waals surface area contributed by atoms with Crippen LogP contribution in [-0.4, -0.2) is 61.9 Å². The van der Waals surface area contributed by atoms with Crippen LogP contribution >= 0.6 is 0 Å². The highest BCUT2D eigenvalue weighted by molar-refractivity contribution is 5.84. The molecule has 1 aliphatic heterocycles. The van der Waals surface area contributed by atoms with E-state index >= 15 is 0 Å². The van der Waals surface area contributed by atoms with Gasteiger partial charge in [-0.05, 0) is 12.8 Å². The molecule has 1 saturated heterocycles. The molecule has 0 aliphatic carbocycles. The molecule has 7 heteroatoms. The van der Waals surface area contributed by atoms with Gasteiger partial charge in [0, 0.05) is 26.1 Å². The normalized spacial score (nSPS) is 21.1. The van der Waals surface area contributed by atoms with Gasteiger partial charge in [0.15, 0.2) is 0 Å². The molecule has 1 aliphatic rings. The molecule has 1 amide bonds. The van der Waals surface area contributed by atoms with E-state index in [2.05, 4.69) is 5.16 Å². The molecule has 0 aromatic carbocycles. The Balaban J connectivity index is 2.34. The van der Waals surface area contributed by atoms with Gasteiger partial charge in [0.25, 0.3) is 0 Å². The Morgan fingerprint density at radius 1 is 1.56 bits per heavy atom. The molecule has 0 saturated carbocycles. The van der Waals surface area contributed by atoms with E-state index in [1.54, 1.807) is 12.0 Å². The Labute approximate surface area is 107 Å². The molecule has 18 heavy (non-hydrogen) atoms. The lowest BCUT2D eigenvalue weighted by Gasteiger charge is -2.32. The largest absolute Gasteiger partial charge is 0.409 e. The van der Waals surface area contributed by atoms with Crippen LogP contribution in [0.25, 0.3) is 0 Å². The number of nitrogens with two attached hydrogens (primary N) is 1. The maximum atomic E-state index is 11.8. The summed E-state index contributed by atoms with van der Waals surface area (Å²) in [6.45, 7) is 2.11. The fraction of sp³-hybridized carbons (Fsp3) is 0.818. The lowest BCUT2D eigenvalue weighted by Crippen LogP contribution is -2.45. The summed E-state index contributed by atoms with van der Waals surface area (Å²) in [7, 11) is 1.58. The van der Waals surface area contributed by atoms with E-state index in [0.717, 1.165) is 12.8 Å². The van der Waals surface area contributed by atoms with Crippen molar-refractivity contribution in [2.45, 2.75) is 12.8 Å². The first-order valence-corrected chi connectivity index (χ1v) is 6.01. The fourth-order valence-electron chi connectivity index (χ4n) is 1.92.